The molecule has 0 atom stereocenters. The number of hydrogen-bond donors (Lipinski definition) is 3. The first-order valence-electron chi connectivity index (χ1n) is 17.1. The topological polar surface area (TPSA) is 60.7 Å². The number of hydrogen-bond acceptors (Lipinski definition) is 3. The molecule has 0 aliphatic carbocycles. The van der Waals surface area contributed by atoms with E-state index in [0.717, 1.165) is 25.7 Å². The molecule has 0 heterocycles. The molecular formula is C46H50O3. The van der Waals surface area contributed by atoms with E-state index in [1.165, 1.54) is 43.8 Å². The zero-order valence-electron chi connectivity index (χ0n) is 29.3. The normalized spacial score (nSPS) is 9.80. The third kappa shape index (κ3) is 14.0. The minimum atomic E-state index is 0.322. The number of fused-ring (bicyclic) bond motifs is 2. The van der Waals surface area contributed by atoms with Crippen LogP contribution in [0, 0.1) is 0 Å². The summed E-state index contributed by atoms with van der Waals surface area (Å²) in [7, 11) is 0. The second-order valence-electron chi connectivity index (χ2n) is 11.5. The molecule has 7 aromatic carbocycles. The van der Waals surface area contributed by atoms with E-state index < -0.39 is 0 Å². The summed E-state index contributed by atoms with van der Waals surface area (Å²) in [6, 6.07) is 53.1. The summed E-state index contributed by atoms with van der Waals surface area (Å²) in [6.45, 7) is 8.78. The summed E-state index contributed by atoms with van der Waals surface area (Å²) in [4.78, 5) is 0. The average molecular weight is 651 g/mol. The van der Waals surface area contributed by atoms with Crippen LogP contribution >= 0.6 is 0 Å². The van der Waals surface area contributed by atoms with Gasteiger partial charge in [0.05, 0.1) is 0 Å². The third-order valence-corrected chi connectivity index (χ3v) is 7.84. The van der Waals surface area contributed by atoms with Crippen LogP contribution in [0.1, 0.15) is 49.9 Å². The smallest absolute Gasteiger partial charge is 0.115 e. The molecule has 0 unspecified atom stereocenters. The Labute approximate surface area is 292 Å². The van der Waals surface area contributed by atoms with Crippen LogP contribution in [0.5, 0.6) is 17.2 Å². The molecule has 0 aliphatic heterocycles. The van der Waals surface area contributed by atoms with Gasteiger partial charge in [0.15, 0.2) is 0 Å². The average Bonchev–Trinajstić information content (AvgIpc) is 3.16. The summed E-state index contributed by atoms with van der Waals surface area (Å²) in [5.41, 5.74) is 5.67. The van der Waals surface area contributed by atoms with E-state index in [4.69, 9.17) is 15.3 Å². The van der Waals surface area contributed by atoms with Crippen molar-refractivity contribution >= 4 is 21.5 Å². The number of aromatic hydroxyl groups is 3. The van der Waals surface area contributed by atoms with E-state index in [1.54, 1.807) is 72.8 Å². The Bertz CT molecular complexity index is 1650. The molecule has 7 aromatic rings. The Kier molecular flexibility index (Phi) is 16.5. The fourth-order valence-corrected chi connectivity index (χ4v) is 4.85. The highest BCUT2D eigenvalue weighted by molar-refractivity contribution is 5.84. The first-order valence-corrected chi connectivity index (χ1v) is 17.1. The van der Waals surface area contributed by atoms with Crippen molar-refractivity contribution in [2.45, 2.75) is 53.4 Å². The van der Waals surface area contributed by atoms with Gasteiger partial charge in [0.2, 0.25) is 0 Å². The lowest BCUT2D eigenvalue weighted by molar-refractivity contribution is 0.475. The lowest BCUT2D eigenvalue weighted by atomic mass is 10.0. The van der Waals surface area contributed by atoms with Gasteiger partial charge in [-0.2, -0.15) is 0 Å². The largest absolute Gasteiger partial charge is 0.508 e. The number of phenolic OH excluding ortho intramolecular Hbond substituents is 3. The predicted octanol–water partition coefficient (Wildman–Crippen LogP) is 12.1. The Balaban J connectivity index is 0.000000173. The summed E-state index contributed by atoms with van der Waals surface area (Å²) in [5.74, 6) is 0.965. The minimum absolute atomic E-state index is 0.322. The zero-order chi connectivity index (χ0) is 35.3. The predicted molar refractivity (Wildman–Crippen MR) is 210 cm³/mol. The van der Waals surface area contributed by atoms with Gasteiger partial charge in [-0.15, -0.1) is 0 Å². The number of aryl methyl sites for hydroxylation is 4. The number of phenols is 3. The quantitative estimate of drug-likeness (QED) is 0.178. The van der Waals surface area contributed by atoms with Crippen molar-refractivity contribution in [1.29, 1.82) is 0 Å². The molecule has 0 aliphatic rings. The van der Waals surface area contributed by atoms with Gasteiger partial charge in [-0.25, -0.2) is 0 Å². The molecule has 0 saturated heterocycles. The van der Waals surface area contributed by atoms with Crippen molar-refractivity contribution in [1.82, 2.24) is 0 Å². The Morgan fingerprint density at radius 3 is 0.633 bits per heavy atom. The molecule has 0 saturated carbocycles. The molecule has 0 amide bonds. The van der Waals surface area contributed by atoms with Crippen LogP contribution in [0.4, 0.5) is 0 Å². The first-order chi connectivity index (χ1) is 23.8. The lowest BCUT2D eigenvalue weighted by Gasteiger charge is -2.03. The molecule has 3 N–H and O–H groups in total. The fourth-order valence-electron chi connectivity index (χ4n) is 4.85. The maximum atomic E-state index is 8.63. The highest BCUT2D eigenvalue weighted by Gasteiger charge is 1.97. The van der Waals surface area contributed by atoms with Crippen molar-refractivity contribution in [3.05, 3.63) is 186 Å². The summed E-state index contributed by atoms with van der Waals surface area (Å²) >= 11 is 0. The van der Waals surface area contributed by atoms with Crippen molar-refractivity contribution < 1.29 is 15.3 Å². The van der Waals surface area contributed by atoms with Crippen LogP contribution in [0.3, 0.4) is 0 Å². The van der Waals surface area contributed by atoms with E-state index in [-0.39, 0.29) is 0 Å². The van der Waals surface area contributed by atoms with Crippen LogP contribution in [-0.2, 0) is 25.7 Å². The Hall–Kier alpha value is -5.54. The molecule has 3 heteroatoms. The molecule has 7 rings (SSSR count). The number of rotatable bonds is 4. The van der Waals surface area contributed by atoms with Crippen LogP contribution in [0.25, 0.3) is 21.5 Å². The van der Waals surface area contributed by atoms with Gasteiger partial charge in [-0.1, -0.05) is 155 Å². The second-order valence-corrected chi connectivity index (χ2v) is 11.5. The molecule has 0 radical (unpaired) electrons. The SMILES string of the molecule is CCc1ccc2cc(CC)ccc2c1.CCc1ccc2cc(CC)ccc2c1.Oc1ccccc1.Oc1ccccc1.Oc1ccccc1. The van der Waals surface area contributed by atoms with E-state index in [1.807, 2.05) is 18.2 Å². The summed E-state index contributed by atoms with van der Waals surface area (Å²) in [6.07, 6.45) is 4.47. The Morgan fingerprint density at radius 2 is 0.490 bits per heavy atom. The minimum Gasteiger partial charge on any atom is -0.508 e. The van der Waals surface area contributed by atoms with Crippen molar-refractivity contribution in [3.63, 3.8) is 0 Å². The first kappa shape index (κ1) is 37.9. The van der Waals surface area contributed by atoms with E-state index >= 15 is 0 Å². The molecule has 0 aromatic heterocycles. The maximum absolute atomic E-state index is 8.63. The van der Waals surface area contributed by atoms with E-state index in [0.29, 0.717) is 17.2 Å². The van der Waals surface area contributed by atoms with Crippen molar-refractivity contribution in [2.75, 3.05) is 0 Å². The summed E-state index contributed by atoms with van der Waals surface area (Å²) < 4.78 is 0. The van der Waals surface area contributed by atoms with Crippen LogP contribution in [-0.4, -0.2) is 15.3 Å². The molecular weight excluding hydrogens is 601 g/mol. The van der Waals surface area contributed by atoms with E-state index in [9.17, 15) is 0 Å². The standard InChI is InChI=1S/2C14H16.3C6H6O/c2*1-3-11-5-7-14-10-12(4-2)6-8-13(14)9-11;3*7-6-4-2-1-3-5-6/h2*5-10H,3-4H2,1-2H3;3*1-5,7H. The molecule has 252 valence electrons. The highest BCUT2D eigenvalue weighted by atomic mass is 16.3. The molecule has 49 heavy (non-hydrogen) atoms. The second kappa shape index (κ2) is 21.4. The molecule has 0 fully saturated rings. The van der Waals surface area contributed by atoms with Gasteiger partial charge in [-0.3, -0.25) is 0 Å². The number of para-hydroxylation sites is 3. The Morgan fingerprint density at radius 1 is 0.286 bits per heavy atom. The summed E-state index contributed by atoms with van der Waals surface area (Å²) in [5, 5.41) is 31.3. The molecule has 0 bridgehead atoms. The van der Waals surface area contributed by atoms with Gasteiger partial charge < -0.3 is 15.3 Å². The van der Waals surface area contributed by atoms with Crippen molar-refractivity contribution in [2.24, 2.45) is 0 Å². The van der Waals surface area contributed by atoms with Crippen molar-refractivity contribution in [3.8, 4) is 17.2 Å². The zero-order valence-corrected chi connectivity index (χ0v) is 29.3. The third-order valence-electron chi connectivity index (χ3n) is 7.84. The fraction of sp³-hybridized carbons (Fsp3) is 0.174. The molecule has 3 nitrogen and oxygen atoms in total. The highest BCUT2D eigenvalue weighted by Crippen LogP contribution is 2.19. The number of benzene rings is 7. The van der Waals surface area contributed by atoms with Crippen LogP contribution in [0.2, 0.25) is 0 Å². The lowest BCUT2D eigenvalue weighted by Crippen LogP contribution is -1.83. The van der Waals surface area contributed by atoms with Gasteiger partial charge in [0.1, 0.15) is 17.2 Å². The van der Waals surface area contributed by atoms with Gasteiger partial charge in [-0.05, 0) is 106 Å². The van der Waals surface area contributed by atoms with E-state index in [2.05, 4.69) is 100 Å². The van der Waals surface area contributed by atoms with Crippen LogP contribution < -0.4 is 0 Å². The maximum Gasteiger partial charge on any atom is 0.115 e. The molecule has 0 spiro atoms. The van der Waals surface area contributed by atoms with Gasteiger partial charge in [0, 0.05) is 0 Å². The van der Waals surface area contributed by atoms with Gasteiger partial charge >= 0.3 is 0 Å². The van der Waals surface area contributed by atoms with Crippen LogP contribution in [0.15, 0.2) is 164 Å². The monoisotopic (exact) mass is 650 g/mol. The van der Waals surface area contributed by atoms with Gasteiger partial charge in [0.25, 0.3) is 0 Å².